The Balaban J connectivity index is 1.86. The van der Waals surface area contributed by atoms with Gasteiger partial charge in [0.15, 0.2) is 0 Å². The highest BCUT2D eigenvalue weighted by molar-refractivity contribution is 5.82. The standard InChI is InChI=1S/C15H28N2O3/c1-14(2,12-4-3-7-16-10-12)13(18)17-11-15(19)5-8-20-9-6-15/h12,16,19H,3-11H2,1-2H3,(H,17,18). The van der Waals surface area contributed by atoms with Gasteiger partial charge in [0.05, 0.1) is 5.60 Å². The average Bonchev–Trinajstić information content (AvgIpc) is 2.46. The normalized spacial score (nSPS) is 27.1. The number of piperidine rings is 1. The van der Waals surface area contributed by atoms with E-state index in [0.29, 0.717) is 38.5 Å². The van der Waals surface area contributed by atoms with Gasteiger partial charge in [0.2, 0.25) is 5.91 Å². The van der Waals surface area contributed by atoms with Crippen molar-refractivity contribution in [1.29, 1.82) is 0 Å². The number of hydrogen-bond acceptors (Lipinski definition) is 4. The first-order chi connectivity index (χ1) is 9.44. The minimum absolute atomic E-state index is 0.0473. The number of hydrogen-bond donors (Lipinski definition) is 3. The monoisotopic (exact) mass is 284 g/mol. The van der Waals surface area contributed by atoms with Crippen LogP contribution in [0.5, 0.6) is 0 Å². The summed E-state index contributed by atoms with van der Waals surface area (Å²) in [6.07, 6.45) is 3.41. The summed E-state index contributed by atoms with van der Waals surface area (Å²) in [5.41, 5.74) is -1.19. The summed E-state index contributed by atoms with van der Waals surface area (Å²) < 4.78 is 5.25. The fourth-order valence-electron chi connectivity index (χ4n) is 3.05. The van der Waals surface area contributed by atoms with E-state index in [2.05, 4.69) is 10.6 Å². The molecule has 0 saturated carbocycles. The Hall–Kier alpha value is -0.650. The van der Waals surface area contributed by atoms with Crippen molar-refractivity contribution < 1.29 is 14.6 Å². The van der Waals surface area contributed by atoms with Crippen LogP contribution in [-0.2, 0) is 9.53 Å². The zero-order valence-corrected chi connectivity index (χ0v) is 12.7. The second kappa shape index (κ2) is 6.41. The van der Waals surface area contributed by atoms with Crippen LogP contribution in [-0.4, -0.2) is 49.5 Å². The van der Waals surface area contributed by atoms with Gasteiger partial charge in [-0.05, 0) is 31.8 Å². The highest BCUT2D eigenvalue weighted by Crippen LogP contribution is 2.32. The number of carbonyl (C=O) groups excluding carboxylic acids is 1. The third-order valence-electron chi connectivity index (χ3n) is 4.90. The van der Waals surface area contributed by atoms with Gasteiger partial charge in [-0.1, -0.05) is 13.8 Å². The van der Waals surface area contributed by atoms with E-state index in [1.807, 2.05) is 13.8 Å². The van der Waals surface area contributed by atoms with Gasteiger partial charge in [-0.25, -0.2) is 0 Å². The maximum atomic E-state index is 12.5. The molecule has 2 aliphatic rings. The first kappa shape index (κ1) is 15.7. The first-order valence-corrected chi connectivity index (χ1v) is 7.73. The Kier molecular flexibility index (Phi) is 5.04. The topological polar surface area (TPSA) is 70.6 Å². The van der Waals surface area contributed by atoms with Crippen LogP contribution in [0.2, 0.25) is 0 Å². The van der Waals surface area contributed by atoms with Crippen LogP contribution in [0.3, 0.4) is 0 Å². The van der Waals surface area contributed by atoms with Crippen LogP contribution < -0.4 is 10.6 Å². The molecule has 0 aromatic rings. The Labute approximate surface area is 121 Å². The second-order valence-electron chi connectivity index (χ2n) is 6.78. The summed E-state index contributed by atoms with van der Waals surface area (Å²) in [6.45, 7) is 7.44. The lowest BCUT2D eigenvalue weighted by atomic mass is 9.74. The lowest BCUT2D eigenvalue weighted by molar-refractivity contribution is -0.135. The minimum atomic E-state index is -0.797. The number of amides is 1. The molecule has 0 aromatic carbocycles. The van der Waals surface area contributed by atoms with E-state index >= 15 is 0 Å². The van der Waals surface area contributed by atoms with Gasteiger partial charge in [-0.3, -0.25) is 4.79 Å². The Morgan fingerprint density at radius 1 is 1.45 bits per heavy atom. The number of ether oxygens (including phenoxy) is 1. The molecule has 1 unspecified atom stereocenters. The smallest absolute Gasteiger partial charge is 0.226 e. The van der Waals surface area contributed by atoms with Crippen LogP contribution in [0.25, 0.3) is 0 Å². The number of rotatable bonds is 4. The van der Waals surface area contributed by atoms with E-state index in [1.165, 1.54) is 0 Å². The van der Waals surface area contributed by atoms with Gasteiger partial charge in [0, 0.05) is 38.0 Å². The van der Waals surface area contributed by atoms with E-state index in [4.69, 9.17) is 4.74 Å². The Bertz CT molecular complexity index is 332. The molecule has 3 N–H and O–H groups in total. The van der Waals surface area contributed by atoms with Gasteiger partial charge in [0.25, 0.3) is 0 Å². The highest BCUT2D eigenvalue weighted by atomic mass is 16.5. The Morgan fingerprint density at radius 3 is 2.75 bits per heavy atom. The van der Waals surface area contributed by atoms with E-state index in [1.54, 1.807) is 0 Å². The third-order valence-corrected chi connectivity index (χ3v) is 4.90. The van der Waals surface area contributed by atoms with Crippen molar-refractivity contribution >= 4 is 5.91 Å². The number of nitrogens with one attached hydrogen (secondary N) is 2. The molecular formula is C15H28N2O3. The van der Waals surface area contributed by atoms with E-state index in [-0.39, 0.29) is 5.91 Å². The number of carbonyl (C=O) groups is 1. The minimum Gasteiger partial charge on any atom is -0.388 e. The summed E-state index contributed by atoms with van der Waals surface area (Å²) in [7, 11) is 0. The van der Waals surface area contributed by atoms with Crippen LogP contribution in [0.4, 0.5) is 0 Å². The largest absolute Gasteiger partial charge is 0.388 e. The average molecular weight is 284 g/mol. The molecule has 1 atom stereocenters. The summed E-state index contributed by atoms with van der Waals surface area (Å²) >= 11 is 0. The van der Waals surface area contributed by atoms with E-state index in [0.717, 1.165) is 25.9 Å². The molecule has 1 amide bonds. The van der Waals surface area contributed by atoms with Crippen LogP contribution in [0.15, 0.2) is 0 Å². The van der Waals surface area contributed by atoms with Crippen molar-refractivity contribution in [1.82, 2.24) is 10.6 Å². The molecule has 20 heavy (non-hydrogen) atoms. The molecular weight excluding hydrogens is 256 g/mol. The third kappa shape index (κ3) is 3.71. The fraction of sp³-hybridized carbons (Fsp3) is 0.933. The Morgan fingerprint density at radius 2 is 2.15 bits per heavy atom. The van der Waals surface area contributed by atoms with Gasteiger partial charge in [-0.2, -0.15) is 0 Å². The maximum absolute atomic E-state index is 12.5. The SMILES string of the molecule is CC(C)(C(=O)NCC1(O)CCOCC1)C1CCCNC1. The highest BCUT2D eigenvalue weighted by Gasteiger charge is 2.38. The second-order valence-corrected chi connectivity index (χ2v) is 6.78. The first-order valence-electron chi connectivity index (χ1n) is 7.73. The predicted molar refractivity (Wildman–Crippen MR) is 77.4 cm³/mol. The number of aliphatic hydroxyl groups is 1. The molecule has 2 saturated heterocycles. The van der Waals surface area contributed by atoms with E-state index in [9.17, 15) is 9.90 Å². The molecule has 116 valence electrons. The molecule has 5 heteroatoms. The van der Waals surface area contributed by atoms with Crippen molar-refractivity contribution in [3.05, 3.63) is 0 Å². The molecule has 2 aliphatic heterocycles. The van der Waals surface area contributed by atoms with E-state index < -0.39 is 11.0 Å². The van der Waals surface area contributed by atoms with Gasteiger partial charge in [-0.15, -0.1) is 0 Å². The summed E-state index contributed by atoms with van der Waals surface area (Å²) in [6, 6.07) is 0. The zero-order chi connectivity index (χ0) is 14.6. The summed E-state index contributed by atoms with van der Waals surface area (Å²) in [4.78, 5) is 12.5. The zero-order valence-electron chi connectivity index (χ0n) is 12.7. The molecule has 0 aliphatic carbocycles. The molecule has 0 aromatic heterocycles. The fourth-order valence-corrected chi connectivity index (χ4v) is 3.05. The quantitative estimate of drug-likeness (QED) is 0.709. The molecule has 2 fully saturated rings. The molecule has 0 spiro atoms. The molecule has 2 heterocycles. The molecule has 5 nitrogen and oxygen atoms in total. The summed E-state index contributed by atoms with van der Waals surface area (Å²) in [5.74, 6) is 0.409. The molecule has 2 rings (SSSR count). The summed E-state index contributed by atoms with van der Waals surface area (Å²) in [5, 5.41) is 16.7. The predicted octanol–water partition coefficient (Wildman–Crippen LogP) is 0.670. The van der Waals surface area contributed by atoms with Crippen molar-refractivity contribution in [2.75, 3.05) is 32.8 Å². The maximum Gasteiger partial charge on any atom is 0.226 e. The van der Waals surface area contributed by atoms with Crippen LogP contribution in [0.1, 0.15) is 39.5 Å². The molecule has 0 bridgehead atoms. The van der Waals surface area contributed by atoms with Crippen molar-refractivity contribution in [3.8, 4) is 0 Å². The van der Waals surface area contributed by atoms with Crippen LogP contribution >= 0.6 is 0 Å². The van der Waals surface area contributed by atoms with Crippen molar-refractivity contribution in [2.24, 2.45) is 11.3 Å². The van der Waals surface area contributed by atoms with Crippen molar-refractivity contribution in [3.63, 3.8) is 0 Å². The van der Waals surface area contributed by atoms with Crippen LogP contribution in [0, 0.1) is 11.3 Å². The van der Waals surface area contributed by atoms with Gasteiger partial charge >= 0.3 is 0 Å². The lowest BCUT2D eigenvalue weighted by Gasteiger charge is -2.38. The van der Waals surface area contributed by atoms with Gasteiger partial charge < -0.3 is 20.5 Å². The van der Waals surface area contributed by atoms with Gasteiger partial charge in [0.1, 0.15) is 0 Å². The van der Waals surface area contributed by atoms with Crippen molar-refractivity contribution in [2.45, 2.75) is 45.1 Å². The molecule has 0 radical (unpaired) electrons. The lowest BCUT2D eigenvalue weighted by Crippen LogP contribution is -2.52.